The molecule has 0 aromatic carbocycles. The van der Waals surface area contributed by atoms with Crippen molar-refractivity contribution in [2.45, 2.75) is 26.9 Å². The minimum absolute atomic E-state index is 0.266. The molecule has 0 saturated heterocycles. The van der Waals surface area contributed by atoms with Crippen molar-refractivity contribution < 1.29 is 9.21 Å². The van der Waals surface area contributed by atoms with Crippen molar-refractivity contribution in [3.8, 4) is 0 Å². The standard InChI is InChI=1S/C18H24N6O2/c1-13-9-14(2)24(21-13)12-16-5-6-17(26-16)18(25)20-15-10-19-23(11-15)8-7-22(3)4/h5-6,9-11H,7-8,12H2,1-4H3,(H,20,25). The van der Waals surface area contributed by atoms with Crippen LogP contribution in [0.15, 0.2) is 35.0 Å². The van der Waals surface area contributed by atoms with Crippen molar-refractivity contribution in [3.05, 3.63) is 53.5 Å². The van der Waals surface area contributed by atoms with Gasteiger partial charge in [-0.05, 0) is 46.1 Å². The maximum Gasteiger partial charge on any atom is 0.291 e. The third-order valence-corrected chi connectivity index (χ3v) is 3.96. The van der Waals surface area contributed by atoms with Crippen LogP contribution in [-0.4, -0.2) is 51.0 Å². The van der Waals surface area contributed by atoms with Gasteiger partial charge >= 0.3 is 0 Å². The highest BCUT2D eigenvalue weighted by Gasteiger charge is 2.13. The van der Waals surface area contributed by atoms with E-state index < -0.39 is 0 Å². The predicted octanol–water partition coefficient (Wildman–Crippen LogP) is 2.15. The molecule has 1 amide bonds. The Labute approximate surface area is 152 Å². The zero-order valence-corrected chi connectivity index (χ0v) is 15.6. The van der Waals surface area contributed by atoms with Crippen LogP contribution in [-0.2, 0) is 13.1 Å². The van der Waals surface area contributed by atoms with Crippen LogP contribution in [0.25, 0.3) is 0 Å². The van der Waals surface area contributed by atoms with E-state index in [0.717, 1.165) is 24.5 Å². The molecule has 1 N–H and O–H groups in total. The number of carbonyl (C=O) groups excluding carboxylic acids is 1. The SMILES string of the molecule is Cc1cc(C)n(Cc2ccc(C(=O)Nc3cnn(CCN(C)C)c3)o2)n1. The van der Waals surface area contributed by atoms with Gasteiger partial charge < -0.3 is 14.6 Å². The zero-order chi connectivity index (χ0) is 18.7. The second kappa shape index (κ2) is 7.57. The average molecular weight is 356 g/mol. The number of carbonyl (C=O) groups is 1. The molecule has 0 fully saturated rings. The maximum atomic E-state index is 12.4. The van der Waals surface area contributed by atoms with Gasteiger partial charge in [0, 0.05) is 18.4 Å². The first-order chi connectivity index (χ1) is 12.4. The first-order valence-corrected chi connectivity index (χ1v) is 8.49. The molecule has 26 heavy (non-hydrogen) atoms. The Morgan fingerprint density at radius 2 is 2.12 bits per heavy atom. The summed E-state index contributed by atoms with van der Waals surface area (Å²) in [6, 6.07) is 5.48. The van der Waals surface area contributed by atoms with E-state index in [-0.39, 0.29) is 11.7 Å². The van der Waals surface area contributed by atoms with E-state index in [1.807, 2.05) is 38.7 Å². The fourth-order valence-corrected chi connectivity index (χ4v) is 2.61. The van der Waals surface area contributed by atoms with Crippen molar-refractivity contribution in [1.82, 2.24) is 24.5 Å². The molecule has 0 atom stereocenters. The monoisotopic (exact) mass is 356 g/mol. The highest BCUT2D eigenvalue weighted by atomic mass is 16.4. The number of nitrogens with one attached hydrogen (secondary N) is 1. The summed E-state index contributed by atoms with van der Waals surface area (Å²) in [5.74, 6) is 0.655. The number of aromatic nitrogens is 4. The van der Waals surface area contributed by atoms with Crippen LogP contribution < -0.4 is 5.32 Å². The zero-order valence-electron chi connectivity index (χ0n) is 15.6. The van der Waals surface area contributed by atoms with Crippen LogP contribution >= 0.6 is 0 Å². The van der Waals surface area contributed by atoms with Gasteiger partial charge in [-0.1, -0.05) is 0 Å². The van der Waals surface area contributed by atoms with E-state index in [2.05, 4.69) is 20.4 Å². The molecule has 138 valence electrons. The second-order valence-electron chi connectivity index (χ2n) is 6.60. The number of likely N-dealkylation sites (N-methyl/N-ethyl adjacent to an activating group) is 1. The lowest BCUT2D eigenvalue weighted by Gasteiger charge is -2.08. The minimum atomic E-state index is -0.295. The Morgan fingerprint density at radius 3 is 2.81 bits per heavy atom. The van der Waals surface area contributed by atoms with Crippen LogP contribution in [0, 0.1) is 13.8 Å². The van der Waals surface area contributed by atoms with Crippen molar-refractivity contribution in [2.24, 2.45) is 0 Å². The summed E-state index contributed by atoms with van der Waals surface area (Å²) < 4.78 is 9.31. The molecule has 0 aliphatic carbocycles. The van der Waals surface area contributed by atoms with Crippen molar-refractivity contribution >= 4 is 11.6 Å². The van der Waals surface area contributed by atoms with E-state index in [9.17, 15) is 4.79 Å². The molecular weight excluding hydrogens is 332 g/mol. The Morgan fingerprint density at radius 1 is 1.31 bits per heavy atom. The lowest BCUT2D eigenvalue weighted by molar-refractivity contribution is 0.0994. The second-order valence-corrected chi connectivity index (χ2v) is 6.60. The molecule has 0 saturated carbocycles. The molecule has 8 heteroatoms. The maximum absolute atomic E-state index is 12.4. The van der Waals surface area contributed by atoms with Gasteiger partial charge in [0.05, 0.1) is 30.7 Å². The molecule has 8 nitrogen and oxygen atoms in total. The topological polar surface area (TPSA) is 81.1 Å². The molecule has 0 spiro atoms. The molecular formula is C18H24N6O2. The van der Waals surface area contributed by atoms with Gasteiger partial charge in [0.1, 0.15) is 5.76 Å². The Balaban J connectivity index is 1.60. The van der Waals surface area contributed by atoms with E-state index in [4.69, 9.17) is 4.42 Å². The summed E-state index contributed by atoms with van der Waals surface area (Å²) in [5, 5.41) is 11.4. The largest absolute Gasteiger partial charge is 0.454 e. The number of aryl methyl sites for hydroxylation is 2. The quantitative estimate of drug-likeness (QED) is 0.701. The Kier molecular flexibility index (Phi) is 5.22. The first-order valence-electron chi connectivity index (χ1n) is 8.49. The van der Waals surface area contributed by atoms with E-state index >= 15 is 0 Å². The molecule has 0 radical (unpaired) electrons. The number of anilines is 1. The summed E-state index contributed by atoms with van der Waals surface area (Å²) >= 11 is 0. The van der Waals surface area contributed by atoms with Gasteiger partial charge in [0.2, 0.25) is 0 Å². The third kappa shape index (κ3) is 4.40. The van der Waals surface area contributed by atoms with Crippen LogP contribution in [0.4, 0.5) is 5.69 Å². The van der Waals surface area contributed by atoms with Crippen LogP contribution in [0.2, 0.25) is 0 Å². The van der Waals surface area contributed by atoms with Gasteiger partial charge in [-0.15, -0.1) is 0 Å². The van der Waals surface area contributed by atoms with Crippen molar-refractivity contribution in [1.29, 1.82) is 0 Å². The van der Waals surface area contributed by atoms with Gasteiger partial charge in [0.15, 0.2) is 5.76 Å². The fourth-order valence-electron chi connectivity index (χ4n) is 2.61. The molecule has 0 aliphatic heterocycles. The lowest BCUT2D eigenvalue weighted by Crippen LogP contribution is -2.18. The summed E-state index contributed by atoms with van der Waals surface area (Å²) in [5.41, 5.74) is 2.65. The summed E-state index contributed by atoms with van der Waals surface area (Å²) in [7, 11) is 4.01. The van der Waals surface area contributed by atoms with Crippen LogP contribution in [0.1, 0.15) is 27.7 Å². The van der Waals surface area contributed by atoms with Gasteiger partial charge in [-0.3, -0.25) is 14.2 Å². The molecule has 3 aromatic rings. The van der Waals surface area contributed by atoms with Crippen LogP contribution in [0.3, 0.4) is 0 Å². The molecule has 0 aliphatic rings. The minimum Gasteiger partial charge on any atom is -0.454 e. The number of rotatable bonds is 7. The highest BCUT2D eigenvalue weighted by molar-refractivity contribution is 6.02. The number of nitrogens with zero attached hydrogens (tertiary/aromatic N) is 5. The number of hydrogen-bond donors (Lipinski definition) is 1. The predicted molar refractivity (Wildman–Crippen MR) is 98.2 cm³/mol. The number of furan rings is 1. The normalized spacial score (nSPS) is 11.3. The highest BCUT2D eigenvalue weighted by Crippen LogP contribution is 2.14. The Hall–Kier alpha value is -2.87. The van der Waals surface area contributed by atoms with Gasteiger partial charge in [-0.2, -0.15) is 10.2 Å². The smallest absolute Gasteiger partial charge is 0.291 e. The van der Waals surface area contributed by atoms with E-state index in [0.29, 0.717) is 18.0 Å². The summed E-state index contributed by atoms with van der Waals surface area (Å²) in [6.07, 6.45) is 3.44. The van der Waals surface area contributed by atoms with Crippen LogP contribution in [0.5, 0.6) is 0 Å². The van der Waals surface area contributed by atoms with E-state index in [1.165, 1.54) is 0 Å². The lowest BCUT2D eigenvalue weighted by atomic mass is 10.4. The molecule has 3 aromatic heterocycles. The molecule has 0 bridgehead atoms. The number of amides is 1. The third-order valence-electron chi connectivity index (χ3n) is 3.96. The fraction of sp³-hybridized carbons (Fsp3) is 0.389. The molecule has 0 unspecified atom stereocenters. The van der Waals surface area contributed by atoms with Crippen molar-refractivity contribution in [2.75, 3.05) is 26.0 Å². The van der Waals surface area contributed by atoms with Gasteiger partial charge in [-0.25, -0.2) is 0 Å². The Bertz CT molecular complexity index is 889. The van der Waals surface area contributed by atoms with E-state index in [1.54, 1.807) is 29.2 Å². The average Bonchev–Trinajstić information content (AvgIpc) is 3.27. The first kappa shape index (κ1) is 17.9. The molecule has 3 heterocycles. The molecule has 3 rings (SSSR count). The number of hydrogen-bond acceptors (Lipinski definition) is 5. The summed E-state index contributed by atoms with van der Waals surface area (Å²) in [4.78, 5) is 14.4. The summed E-state index contributed by atoms with van der Waals surface area (Å²) in [6.45, 7) is 6.07. The van der Waals surface area contributed by atoms with Crippen molar-refractivity contribution in [3.63, 3.8) is 0 Å². The van der Waals surface area contributed by atoms with Gasteiger partial charge in [0.25, 0.3) is 5.91 Å².